The first kappa shape index (κ1) is 11.1. The fourth-order valence-electron chi connectivity index (χ4n) is 1.46. The second kappa shape index (κ2) is 4.47. The lowest BCUT2D eigenvalue weighted by Crippen LogP contribution is -1.99. The molecule has 1 aromatic carbocycles. The number of benzene rings is 1. The Bertz CT molecular complexity index is 382. The van der Waals surface area contributed by atoms with Crippen LogP contribution in [0.15, 0.2) is 16.6 Å². The van der Waals surface area contributed by atoms with E-state index in [2.05, 4.69) is 22.0 Å². The molecule has 0 N–H and O–H groups in total. The normalized spacial score (nSPS) is 11.9. The maximum absolute atomic E-state index is 8.90. The summed E-state index contributed by atoms with van der Waals surface area (Å²) in [6.45, 7) is 3.85. The van der Waals surface area contributed by atoms with Crippen LogP contribution in [0, 0.1) is 18.3 Å². The van der Waals surface area contributed by atoms with Crippen molar-refractivity contribution in [1.29, 1.82) is 5.26 Å². The summed E-state index contributed by atoms with van der Waals surface area (Å²) < 4.78 is 6.24. The van der Waals surface area contributed by atoms with Gasteiger partial charge in [-0.25, -0.2) is 0 Å². The maximum atomic E-state index is 8.90. The van der Waals surface area contributed by atoms with E-state index in [4.69, 9.17) is 10.00 Å². The summed E-state index contributed by atoms with van der Waals surface area (Å²) in [6.07, 6.45) is 0. The molecular weight excluding hydrogens is 242 g/mol. The van der Waals surface area contributed by atoms with E-state index in [1.54, 1.807) is 7.11 Å². The van der Waals surface area contributed by atoms with Crippen molar-refractivity contribution in [3.8, 4) is 11.8 Å². The van der Waals surface area contributed by atoms with Gasteiger partial charge in [0.1, 0.15) is 5.75 Å². The third kappa shape index (κ3) is 1.91. The molecule has 0 amide bonds. The molecule has 14 heavy (non-hydrogen) atoms. The van der Waals surface area contributed by atoms with Gasteiger partial charge >= 0.3 is 0 Å². The Morgan fingerprint density at radius 2 is 2.14 bits per heavy atom. The summed E-state index contributed by atoms with van der Waals surface area (Å²) in [5, 5.41) is 8.90. The molecule has 1 rings (SSSR count). The molecule has 74 valence electrons. The first-order chi connectivity index (χ1) is 6.61. The molecule has 0 aliphatic rings. The zero-order valence-corrected chi connectivity index (χ0v) is 10.1. The fourth-order valence-corrected chi connectivity index (χ4v) is 1.80. The Morgan fingerprint density at radius 1 is 1.50 bits per heavy atom. The minimum Gasteiger partial charge on any atom is -0.496 e. The molecule has 0 saturated carbocycles. The van der Waals surface area contributed by atoms with E-state index in [9.17, 15) is 0 Å². The predicted octanol–water partition coefficient (Wildman–Crippen LogP) is 3.39. The molecule has 1 atom stereocenters. The monoisotopic (exact) mass is 253 g/mol. The summed E-state index contributed by atoms with van der Waals surface area (Å²) >= 11 is 3.44. The molecule has 2 nitrogen and oxygen atoms in total. The topological polar surface area (TPSA) is 33.0 Å². The van der Waals surface area contributed by atoms with Crippen LogP contribution in [0.25, 0.3) is 0 Å². The van der Waals surface area contributed by atoms with E-state index in [1.807, 2.05) is 26.0 Å². The number of ether oxygens (including phenoxy) is 1. The van der Waals surface area contributed by atoms with Gasteiger partial charge in [-0.2, -0.15) is 5.26 Å². The molecule has 0 fully saturated rings. The number of nitriles is 1. The average Bonchev–Trinajstić information content (AvgIpc) is 2.20. The first-order valence-corrected chi connectivity index (χ1v) is 5.13. The van der Waals surface area contributed by atoms with Crippen LogP contribution in [0.3, 0.4) is 0 Å². The fraction of sp³-hybridized carbons (Fsp3) is 0.364. The van der Waals surface area contributed by atoms with Gasteiger partial charge in [0.2, 0.25) is 0 Å². The lowest BCUT2D eigenvalue weighted by atomic mass is 9.96. The van der Waals surface area contributed by atoms with Gasteiger partial charge in [-0.3, -0.25) is 0 Å². The van der Waals surface area contributed by atoms with Crippen LogP contribution in [0.1, 0.15) is 24.0 Å². The van der Waals surface area contributed by atoms with Crippen molar-refractivity contribution in [2.24, 2.45) is 0 Å². The number of hydrogen-bond acceptors (Lipinski definition) is 2. The molecule has 1 unspecified atom stereocenters. The summed E-state index contributed by atoms with van der Waals surface area (Å²) in [5.41, 5.74) is 2.03. The zero-order valence-electron chi connectivity index (χ0n) is 8.47. The summed E-state index contributed by atoms with van der Waals surface area (Å²) in [7, 11) is 1.62. The minimum atomic E-state index is -0.151. The Balaban J connectivity index is 3.37. The van der Waals surface area contributed by atoms with Gasteiger partial charge in [-0.05, 0) is 31.5 Å². The Hall–Kier alpha value is -1.01. The Kier molecular flexibility index (Phi) is 3.54. The highest BCUT2D eigenvalue weighted by Gasteiger charge is 2.15. The molecule has 0 heterocycles. The van der Waals surface area contributed by atoms with E-state index in [1.165, 1.54) is 0 Å². The molecule has 0 aliphatic heterocycles. The van der Waals surface area contributed by atoms with Gasteiger partial charge in [-0.1, -0.05) is 15.9 Å². The van der Waals surface area contributed by atoms with Crippen molar-refractivity contribution in [3.05, 3.63) is 27.7 Å². The summed E-state index contributed by atoms with van der Waals surface area (Å²) in [5.74, 6) is 0.627. The van der Waals surface area contributed by atoms with E-state index in [0.717, 1.165) is 21.3 Å². The standard InChI is InChI=1S/C11H12BrNO/c1-7(6-13)11-8(2)9(12)4-5-10(11)14-3/h4-5,7H,1-3H3. The Morgan fingerprint density at radius 3 is 2.64 bits per heavy atom. The van der Waals surface area contributed by atoms with Gasteiger partial charge in [0.15, 0.2) is 0 Å². The molecule has 0 spiro atoms. The molecule has 0 aliphatic carbocycles. The van der Waals surface area contributed by atoms with Crippen LogP contribution in [-0.2, 0) is 0 Å². The highest BCUT2D eigenvalue weighted by atomic mass is 79.9. The molecule has 0 saturated heterocycles. The van der Waals surface area contributed by atoms with Gasteiger partial charge in [0, 0.05) is 10.0 Å². The van der Waals surface area contributed by atoms with Gasteiger partial charge in [0.25, 0.3) is 0 Å². The van der Waals surface area contributed by atoms with Crippen LogP contribution in [0.4, 0.5) is 0 Å². The van der Waals surface area contributed by atoms with Crippen LogP contribution in [0.5, 0.6) is 5.75 Å². The number of methoxy groups -OCH3 is 1. The number of halogens is 1. The first-order valence-electron chi connectivity index (χ1n) is 4.34. The van der Waals surface area contributed by atoms with Crippen molar-refractivity contribution in [2.45, 2.75) is 19.8 Å². The Labute approximate surface area is 92.6 Å². The van der Waals surface area contributed by atoms with Crippen molar-refractivity contribution in [3.63, 3.8) is 0 Å². The number of nitrogens with zero attached hydrogens (tertiary/aromatic N) is 1. The molecule has 0 bridgehead atoms. The van der Waals surface area contributed by atoms with E-state index < -0.39 is 0 Å². The lowest BCUT2D eigenvalue weighted by Gasteiger charge is -2.14. The second-order valence-corrected chi connectivity index (χ2v) is 3.99. The van der Waals surface area contributed by atoms with Crippen molar-refractivity contribution in [1.82, 2.24) is 0 Å². The van der Waals surface area contributed by atoms with Crippen LogP contribution in [-0.4, -0.2) is 7.11 Å². The number of rotatable bonds is 2. The number of hydrogen-bond donors (Lipinski definition) is 0. The lowest BCUT2D eigenvalue weighted by molar-refractivity contribution is 0.408. The largest absolute Gasteiger partial charge is 0.496 e. The third-order valence-electron chi connectivity index (χ3n) is 2.26. The highest BCUT2D eigenvalue weighted by molar-refractivity contribution is 9.10. The van der Waals surface area contributed by atoms with E-state index in [-0.39, 0.29) is 5.92 Å². The molecule has 0 aromatic heterocycles. The van der Waals surface area contributed by atoms with Crippen LogP contribution in [0.2, 0.25) is 0 Å². The second-order valence-electron chi connectivity index (χ2n) is 3.14. The summed E-state index contributed by atoms with van der Waals surface area (Å²) in [4.78, 5) is 0. The molecule has 3 heteroatoms. The van der Waals surface area contributed by atoms with E-state index in [0.29, 0.717) is 0 Å². The smallest absolute Gasteiger partial charge is 0.123 e. The van der Waals surface area contributed by atoms with Crippen LogP contribution >= 0.6 is 15.9 Å². The van der Waals surface area contributed by atoms with Crippen molar-refractivity contribution in [2.75, 3.05) is 7.11 Å². The van der Waals surface area contributed by atoms with E-state index >= 15 is 0 Å². The van der Waals surface area contributed by atoms with Crippen LogP contribution < -0.4 is 4.74 Å². The SMILES string of the molecule is COc1ccc(Br)c(C)c1C(C)C#N. The molecule has 1 aromatic rings. The quantitative estimate of drug-likeness (QED) is 0.810. The average molecular weight is 254 g/mol. The molecular formula is C11H12BrNO. The highest BCUT2D eigenvalue weighted by Crippen LogP contribution is 2.33. The molecule has 0 radical (unpaired) electrons. The van der Waals surface area contributed by atoms with Crippen molar-refractivity contribution >= 4 is 15.9 Å². The predicted molar refractivity (Wildman–Crippen MR) is 59.5 cm³/mol. The van der Waals surface area contributed by atoms with Crippen molar-refractivity contribution < 1.29 is 4.74 Å². The zero-order chi connectivity index (χ0) is 10.7. The summed E-state index contributed by atoms with van der Waals surface area (Å²) in [6, 6.07) is 6.03. The van der Waals surface area contributed by atoms with Gasteiger partial charge < -0.3 is 4.74 Å². The minimum absolute atomic E-state index is 0.151. The van der Waals surface area contributed by atoms with Gasteiger partial charge in [0.05, 0.1) is 19.1 Å². The third-order valence-corrected chi connectivity index (χ3v) is 3.11. The maximum Gasteiger partial charge on any atom is 0.123 e. The van der Waals surface area contributed by atoms with Gasteiger partial charge in [-0.15, -0.1) is 0 Å².